The van der Waals surface area contributed by atoms with E-state index in [1.165, 1.54) is 25.7 Å². The lowest BCUT2D eigenvalue weighted by atomic mass is 9.45. The van der Waals surface area contributed by atoms with Crippen molar-refractivity contribution in [2.75, 3.05) is 0 Å². The fraction of sp³-hybridized carbons (Fsp3) is 0.800. The Labute approximate surface area is 131 Å². The summed E-state index contributed by atoms with van der Waals surface area (Å²) in [5.41, 5.74) is 1.26. The molecule has 2 saturated carbocycles. The van der Waals surface area contributed by atoms with E-state index in [4.69, 9.17) is 0 Å². The first kappa shape index (κ1) is 16.8. The molecule has 0 aromatic rings. The van der Waals surface area contributed by atoms with Gasteiger partial charge in [0.1, 0.15) is 0 Å². The van der Waals surface area contributed by atoms with Crippen molar-refractivity contribution in [3.63, 3.8) is 0 Å². The van der Waals surface area contributed by atoms with Gasteiger partial charge in [0.15, 0.2) is 0 Å². The van der Waals surface area contributed by atoms with Crippen LogP contribution >= 0.6 is 0 Å². The highest BCUT2D eigenvalue weighted by Crippen LogP contribution is 2.62. The highest BCUT2D eigenvalue weighted by atomic mass is 16.3. The van der Waals surface area contributed by atoms with E-state index >= 15 is 0 Å². The topological polar surface area (TPSA) is 20.2 Å². The average Bonchev–Trinajstić information content (AvgIpc) is 2.35. The van der Waals surface area contributed by atoms with Crippen LogP contribution in [0.15, 0.2) is 24.8 Å². The van der Waals surface area contributed by atoms with Gasteiger partial charge in [-0.05, 0) is 68.1 Å². The molecule has 1 N–H and O–H groups in total. The Morgan fingerprint density at radius 2 is 1.86 bits per heavy atom. The van der Waals surface area contributed by atoms with Gasteiger partial charge in [0.05, 0.1) is 5.60 Å². The lowest BCUT2D eigenvalue weighted by molar-refractivity contribution is -0.168. The van der Waals surface area contributed by atoms with E-state index in [9.17, 15) is 5.11 Å². The lowest BCUT2D eigenvalue weighted by Gasteiger charge is -2.61. The van der Waals surface area contributed by atoms with Crippen molar-refractivity contribution in [1.29, 1.82) is 0 Å². The van der Waals surface area contributed by atoms with Crippen molar-refractivity contribution in [2.45, 2.75) is 78.2 Å². The molecule has 2 rings (SSSR count). The molecule has 0 bridgehead atoms. The maximum Gasteiger partial charge on any atom is 0.0653 e. The molecule has 0 unspecified atom stereocenters. The second kappa shape index (κ2) is 5.57. The molecular formula is C20H34O. The molecule has 0 saturated heterocycles. The van der Waals surface area contributed by atoms with Crippen LogP contribution in [0.25, 0.3) is 0 Å². The van der Waals surface area contributed by atoms with Gasteiger partial charge >= 0.3 is 0 Å². The van der Waals surface area contributed by atoms with E-state index in [0.29, 0.717) is 11.3 Å². The zero-order valence-electron chi connectivity index (χ0n) is 14.5. The molecule has 0 aromatic carbocycles. The number of fused-ring (bicyclic) bond motifs is 1. The molecule has 2 aliphatic rings. The van der Waals surface area contributed by atoms with Gasteiger partial charge in [-0.2, -0.15) is 0 Å². The van der Waals surface area contributed by atoms with Crippen LogP contribution in [-0.4, -0.2) is 10.7 Å². The van der Waals surface area contributed by atoms with Gasteiger partial charge in [-0.25, -0.2) is 0 Å². The predicted octanol–water partition coefficient (Wildman–Crippen LogP) is 5.50. The molecule has 120 valence electrons. The first-order valence-corrected chi connectivity index (χ1v) is 8.66. The maximum absolute atomic E-state index is 11.0. The minimum absolute atomic E-state index is 0.269. The van der Waals surface area contributed by atoms with Crippen LogP contribution in [0.5, 0.6) is 0 Å². The molecule has 1 nitrogen and oxygen atoms in total. The fourth-order valence-corrected chi connectivity index (χ4v) is 5.70. The number of hydrogen-bond acceptors (Lipinski definition) is 1. The normalized spacial score (nSPS) is 42.1. The minimum Gasteiger partial charge on any atom is -0.390 e. The van der Waals surface area contributed by atoms with Gasteiger partial charge < -0.3 is 5.11 Å². The third-order valence-electron chi connectivity index (χ3n) is 6.80. The molecule has 0 aromatic heterocycles. The van der Waals surface area contributed by atoms with Crippen molar-refractivity contribution in [2.24, 2.45) is 22.7 Å². The Morgan fingerprint density at radius 3 is 2.48 bits per heavy atom. The van der Waals surface area contributed by atoms with E-state index in [2.05, 4.69) is 40.9 Å². The van der Waals surface area contributed by atoms with Crippen molar-refractivity contribution in [1.82, 2.24) is 0 Å². The van der Waals surface area contributed by atoms with Gasteiger partial charge in [0.2, 0.25) is 0 Å². The molecule has 4 atom stereocenters. The van der Waals surface area contributed by atoms with Gasteiger partial charge in [-0.15, -0.1) is 0 Å². The first-order chi connectivity index (χ1) is 9.63. The second-order valence-corrected chi connectivity index (χ2v) is 8.75. The van der Waals surface area contributed by atoms with Gasteiger partial charge in [-0.1, -0.05) is 52.0 Å². The van der Waals surface area contributed by atoms with E-state index in [-0.39, 0.29) is 5.41 Å². The molecule has 1 heteroatoms. The summed E-state index contributed by atoms with van der Waals surface area (Å²) in [6.45, 7) is 17.3. The SMILES string of the molecule is C=CC(=C)CC[C@@H]1[C@]2(C)CCCC(C)(C)[C@H]2CC[C@]1(C)O. The molecule has 2 fully saturated rings. The standard InChI is InChI=1S/C20H34O/c1-7-15(2)9-10-17-19(5)13-8-12-18(3,4)16(19)11-14-20(17,6)21/h7,16-17,21H,1-2,8-14H2,3-6H3/t16-,17-,19-,20+/m1/s1. The van der Waals surface area contributed by atoms with Crippen LogP contribution in [0, 0.1) is 22.7 Å². The second-order valence-electron chi connectivity index (χ2n) is 8.75. The number of rotatable bonds is 4. The molecule has 0 spiro atoms. The molecule has 0 radical (unpaired) electrons. The molecule has 0 aliphatic heterocycles. The largest absolute Gasteiger partial charge is 0.390 e. The Balaban J connectivity index is 2.28. The Morgan fingerprint density at radius 1 is 1.19 bits per heavy atom. The minimum atomic E-state index is -0.528. The molecule has 2 aliphatic carbocycles. The third-order valence-corrected chi connectivity index (χ3v) is 6.80. The monoisotopic (exact) mass is 290 g/mol. The first-order valence-electron chi connectivity index (χ1n) is 8.66. The number of hydrogen-bond donors (Lipinski definition) is 1. The average molecular weight is 290 g/mol. The van der Waals surface area contributed by atoms with E-state index in [0.717, 1.165) is 30.8 Å². The predicted molar refractivity (Wildman–Crippen MR) is 91.1 cm³/mol. The summed E-state index contributed by atoms with van der Waals surface area (Å²) in [6.07, 6.45) is 9.90. The van der Waals surface area contributed by atoms with Crippen LogP contribution in [0.1, 0.15) is 72.6 Å². The molecular weight excluding hydrogens is 256 g/mol. The maximum atomic E-state index is 11.0. The van der Waals surface area contributed by atoms with Gasteiger partial charge in [0.25, 0.3) is 0 Å². The Hall–Kier alpha value is -0.560. The fourth-order valence-electron chi connectivity index (χ4n) is 5.70. The zero-order chi connectivity index (χ0) is 15.9. The summed E-state index contributed by atoms with van der Waals surface area (Å²) in [6, 6.07) is 0. The van der Waals surface area contributed by atoms with Crippen LogP contribution in [0.3, 0.4) is 0 Å². The molecule has 21 heavy (non-hydrogen) atoms. The summed E-state index contributed by atoms with van der Waals surface area (Å²) in [7, 11) is 0. The summed E-state index contributed by atoms with van der Waals surface area (Å²) < 4.78 is 0. The Bertz CT molecular complexity index is 418. The van der Waals surface area contributed by atoms with Gasteiger partial charge in [-0.3, -0.25) is 0 Å². The summed E-state index contributed by atoms with van der Waals surface area (Å²) in [5.74, 6) is 1.11. The van der Waals surface area contributed by atoms with E-state index in [1.54, 1.807) is 0 Å². The third kappa shape index (κ3) is 2.99. The van der Waals surface area contributed by atoms with Crippen molar-refractivity contribution in [3.05, 3.63) is 24.8 Å². The van der Waals surface area contributed by atoms with Crippen molar-refractivity contribution >= 4 is 0 Å². The van der Waals surface area contributed by atoms with E-state index in [1.807, 2.05) is 6.08 Å². The highest BCUT2D eigenvalue weighted by molar-refractivity contribution is 5.13. The smallest absolute Gasteiger partial charge is 0.0653 e. The van der Waals surface area contributed by atoms with E-state index < -0.39 is 5.60 Å². The van der Waals surface area contributed by atoms with Crippen LogP contribution in [0.4, 0.5) is 0 Å². The summed E-state index contributed by atoms with van der Waals surface area (Å²) in [5, 5.41) is 11.0. The van der Waals surface area contributed by atoms with Crippen LogP contribution in [-0.2, 0) is 0 Å². The highest BCUT2D eigenvalue weighted by Gasteiger charge is 2.57. The van der Waals surface area contributed by atoms with Crippen molar-refractivity contribution < 1.29 is 5.11 Å². The molecule has 0 amide bonds. The summed E-state index contributed by atoms with van der Waals surface area (Å²) >= 11 is 0. The van der Waals surface area contributed by atoms with Gasteiger partial charge in [0, 0.05) is 0 Å². The van der Waals surface area contributed by atoms with Crippen molar-refractivity contribution in [3.8, 4) is 0 Å². The van der Waals surface area contributed by atoms with Crippen LogP contribution in [0.2, 0.25) is 0 Å². The zero-order valence-corrected chi connectivity index (χ0v) is 14.5. The molecule has 0 heterocycles. The lowest BCUT2D eigenvalue weighted by Crippen LogP contribution is -2.57. The quantitative estimate of drug-likeness (QED) is 0.678. The Kier molecular flexibility index (Phi) is 4.46. The van der Waals surface area contributed by atoms with Crippen LogP contribution < -0.4 is 0 Å². The number of allylic oxidation sites excluding steroid dienone is 2. The number of aliphatic hydroxyl groups is 1. The summed E-state index contributed by atoms with van der Waals surface area (Å²) in [4.78, 5) is 0.